The van der Waals surface area contributed by atoms with Gasteiger partial charge in [0.2, 0.25) is 10.0 Å². The summed E-state index contributed by atoms with van der Waals surface area (Å²) in [5, 5.41) is 0. The van der Waals surface area contributed by atoms with Crippen LogP contribution in [0.5, 0.6) is 0 Å². The molecule has 0 radical (unpaired) electrons. The summed E-state index contributed by atoms with van der Waals surface area (Å²) < 4.78 is 30.2. The maximum atomic E-state index is 12.9. The van der Waals surface area contributed by atoms with Crippen molar-refractivity contribution in [3.05, 3.63) is 52.3 Å². The summed E-state index contributed by atoms with van der Waals surface area (Å²) >= 11 is 3.34. The molecule has 21 heavy (non-hydrogen) atoms. The van der Waals surface area contributed by atoms with Crippen LogP contribution in [0.2, 0.25) is 0 Å². The van der Waals surface area contributed by atoms with Crippen LogP contribution in [0, 0.1) is 6.92 Å². The van der Waals surface area contributed by atoms with E-state index < -0.39 is 10.0 Å². The predicted molar refractivity (Wildman–Crippen MR) is 85.6 cm³/mol. The molecule has 0 N–H and O–H groups in total. The van der Waals surface area contributed by atoms with Crippen LogP contribution in [0.25, 0.3) is 0 Å². The van der Waals surface area contributed by atoms with Crippen molar-refractivity contribution in [2.75, 3.05) is 6.54 Å². The van der Waals surface area contributed by atoms with Gasteiger partial charge in [-0.3, -0.25) is 0 Å². The molecule has 0 bridgehead atoms. The van der Waals surface area contributed by atoms with Crippen LogP contribution < -0.4 is 0 Å². The molecule has 1 aromatic heterocycles. The predicted octanol–water partition coefficient (Wildman–Crippen LogP) is 3.32. The molecule has 1 aliphatic heterocycles. The smallest absolute Gasteiger partial charge is 0.244 e. The maximum Gasteiger partial charge on any atom is 0.244 e. The van der Waals surface area contributed by atoms with Crippen molar-refractivity contribution in [3.8, 4) is 0 Å². The van der Waals surface area contributed by atoms with Gasteiger partial charge in [-0.15, -0.1) is 0 Å². The molecule has 2 aromatic rings. The zero-order valence-electron chi connectivity index (χ0n) is 12.0. The molecule has 6 heteroatoms. The molecule has 112 valence electrons. The van der Waals surface area contributed by atoms with Gasteiger partial charge < -0.3 is 4.57 Å². The third kappa shape index (κ3) is 2.35. The molecular weight excluding hydrogens is 352 g/mol. The molecule has 0 saturated heterocycles. The van der Waals surface area contributed by atoms with Gasteiger partial charge in [0.15, 0.2) is 0 Å². The van der Waals surface area contributed by atoms with Crippen molar-refractivity contribution >= 4 is 26.0 Å². The van der Waals surface area contributed by atoms with Gasteiger partial charge in [-0.25, -0.2) is 8.42 Å². The van der Waals surface area contributed by atoms with Crippen molar-refractivity contribution in [1.29, 1.82) is 0 Å². The van der Waals surface area contributed by atoms with Gasteiger partial charge in [0.05, 0.1) is 10.9 Å². The van der Waals surface area contributed by atoms with Gasteiger partial charge in [-0.05, 0) is 54.0 Å². The van der Waals surface area contributed by atoms with E-state index in [0.29, 0.717) is 22.5 Å². The van der Waals surface area contributed by atoms with E-state index in [9.17, 15) is 8.42 Å². The minimum atomic E-state index is -3.50. The fourth-order valence-corrected chi connectivity index (χ4v) is 5.47. The number of aromatic nitrogens is 1. The average molecular weight is 369 g/mol. The first-order valence-electron chi connectivity index (χ1n) is 6.85. The normalized spacial score (nSPS) is 19.5. The number of halogens is 1. The topological polar surface area (TPSA) is 42.3 Å². The summed E-state index contributed by atoms with van der Waals surface area (Å²) in [5.74, 6) is 0. The molecular formula is C15H17BrN2O2S. The van der Waals surface area contributed by atoms with E-state index in [-0.39, 0.29) is 6.04 Å². The second kappa shape index (κ2) is 5.26. The third-order valence-electron chi connectivity index (χ3n) is 4.06. The summed E-state index contributed by atoms with van der Waals surface area (Å²) in [6.45, 7) is 5.18. The first-order valence-corrected chi connectivity index (χ1v) is 9.08. The number of fused-ring (bicyclic) bond motifs is 1. The molecule has 4 nitrogen and oxygen atoms in total. The van der Waals surface area contributed by atoms with Crippen LogP contribution in [-0.4, -0.2) is 23.8 Å². The van der Waals surface area contributed by atoms with Crippen LogP contribution in [0.15, 0.2) is 45.8 Å². The van der Waals surface area contributed by atoms with Gasteiger partial charge in [0.1, 0.15) is 0 Å². The molecule has 3 rings (SSSR count). The quantitative estimate of drug-likeness (QED) is 0.815. The Balaban J connectivity index is 2.04. The number of nitrogens with zero attached hydrogens (tertiary/aromatic N) is 2. The Kier molecular flexibility index (Phi) is 3.71. The number of rotatable bonds is 2. The zero-order valence-corrected chi connectivity index (χ0v) is 14.4. The highest BCUT2D eigenvalue weighted by molar-refractivity contribution is 9.10. The lowest BCUT2D eigenvalue weighted by atomic mass is 10.2. The second-order valence-corrected chi connectivity index (χ2v) is 7.99. The van der Waals surface area contributed by atoms with Gasteiger partial charge in [-0.2, -0.15) is 4.31 Å². The van der Waals surface area contributed by atoms with Crippen molar-refractivity contribution < 1.29 is 8.42 Å². The Labute approximate surface area is 133 Å². The number of hydrogen-bond acceptors (Lipinski definition) is 2. The van der Waals surface area contributed by atoms with Crippen LogP contribution in [0.3, 0.4) is 0 Å². The van der Waals surface area contributed by atoms with Crippen LogP contribution in [-0.2, 0) is 16.6 Å². The van der Waals surface area contributed by atoms with Gasteiger partial charge in [-0.1, -0.05) is 12.1 Å². The highest BCUT2D eigenvalue weighted by Gasteiger charge is 2.35. The summed E-state index contributed by atoms with van der Waals surface area (Å²) in [5.41, 5.74) is 2.23. The molecule has 0 saturated carbocycles. The van der Waals surface area contributed by atoms with E-state index in [1.165, 1.54) is 5.69 Å². The largest absolute Gasteiger partial charge is 0.346 e. The highest BCUT2D eigenvalue weighted by atomic mass is 79.9. The number of aryl methyl sites for hydroxylation is 1. The van der Waals surface area contributed by atoms with Gasteiger partial charge in [0.25, 0.3) is 0 Å². The van der Waals surface area contributed by atoms with Crippen LogP contribution in [0.1, 0.15) is 24.4 Å². The summed E-state index contributed by atoms with van der Waals surface area (Å²) in [7, 11) is -3.50. The average Bonchev–Trinajstić information content (AvgIpc) is 2.82. The lowest BCUT2D eigenvalue weighted by Crippen LogP contribution is -2.41. The first kappa shape index (κ1) is 14.8. The van der Waals surface area contributed by atoms with Crippen molar-refractivity contribution in [2.45, 2.75) is 31.3 Å². The van der Waals surface area contributed by atoms with E-state index in [0.717, 1.165) is 5.69 Å². The molecule has 1 aromatic carbocycles. The van der Waals surface area contributed by atoms with E-state index in [1.54, 1.807) is 22.5 Å². The molecule has 1 aliphatic rings. The maximum absolute atomic E-state index is 12.9. The van der Waals surface area contributed by atoms with E-state index >= 15 is 0 Å². The van der Waals surface area contributed by atoms with E-state index in [1.807, 2.05) is 32.0 Å². The number of hydrogen-bond donors (Lipinski definition) is 0. The van der Waals surface area contributed by atoms with Crippen molar-refractivity contribution in [3.63, 3.8) is 0 Å². The molecule has 2 heterocycles. The lowest BCUT2D eigenvalue weighted by molar-refractivity contribution is 0.280. The number of sulfonamides is 1. The summed E-state index contributed by atoms with van der Waals surface area (Å²) in [6.07, 6.45) is 0. The first-order chi connectivity index (χ1) is 9.93. The van der Waals surface area contributed by atoms with Crippen LogP contribution in [0.4, 0.5) is 0 Å². The van der Waals surface area contributed by atoms with Crippen LogP contribution >= 0.6 is 15.9 Å². The fraction of sp³-hybridized carbons (Fsp3) is 0.333. The molecule has 0 aliphatic carbocycles. The molecule has 0 fully saturated rings. The zero-order chi connectivity index (χ0) is 15.2. The van der Waals surface area contributed by atoms with E-state index in [2.05, 4.69) is 20.5 Å². The van der Waals surface area contributed by atoms with Gasteiger partial charge >= 0.3 is 0 Å². The molecule has 1 atom stereocenters. The third-order valence-corrected chi connectivity index (χ3v) is 7.04. The van der Waals surface area contributed by atoms with Gasteiger partial charge in [0, 0.05) is 29.0 Å². The lowest BCUT2D eigenvalue weighted by Gasteiger charge is -2.34. The number of benzene rings is 1. The summed E-state index contributed by atoms with van der Waals surface area (Å²) in [4.78, 5) is 0.327. The minimum Gasteiger partial charge on any atom is -0.346 e. The Bertz CT molecular complexity index is 783. The monoisotopic (exact) mass is 368 g/mol. The molecule has 0 amide bonds. The SMILES string of the molecule is Cc1ccc2n1CCN(S(=O)(=O)c1ccccc1Br)[C@@H]2C. The molecule has 0 unspecified atom stereocenters. The Morgan fingerprint density at radius 2 is 1.86 bits per heavy atom. The highest BCUT2D eigenvalue weighted by Crippen LogP contribution is 2.34. The molecule has 0 spiro atoms. The van der Waals surface area contributed by atoms with Crippen molar-refractivity contribution in [2.24, 2.45) is 0 Å². The Morgan fingerprint density at radius 3 is 2.57 bits per heavy atom. The standard InChI is InChI=1S/C15H17BrN2O2S/c1-11-7-8-14-12(2)18(10-9-17(11)14)21(19,20)15-6-4-3-5-13(15)16/h3-8,12H,9-10H2,1-2H3/t12-/m1/s1. The Morgan fingerprint density at radius 1 is 1.14 bits per heavy atom. The Hall–Kier alpha value is -1.11. The second-order valence-electron chi connectivity index (χ2n) is 5.27. The van der Waals surface area contributed by atoms with Crippen molar-refractivity contribution in [1.82, 2.24) is 8.87 Å². The minimum absolute atomic E-state index is 0.162. The summed E-state index contributed by atoms with van der Waals surface area (Å²) in [6, 6.07) is 10.9. The van der Waals surface area contributed by atoms with E-state index in [4.69, 9.17) is 0 Å². The fourth-order valence-electron chi connectivity index (χ4n) is 2.91.